The summed E-state index contributed by atoms with van der Waals surface area (Å²) in [5, 5.41) is 2.91. The minimum absolute atomic E-state index is 0.0307. The Morgan fingerprint density at radius 1 is 1.42 bits per heavy atom. The van der Waals surface area contributed by atoms with Gasteiger partial charge in [0.15, 0.2) is 5.82 Å². The maximum Gasteiger partial charge on any atom is 0.246 e. The van der Waals surface area contributed by atoms with E-state index >= 15 is 0 Å². The third-order valence-electron chi connectivity index (χ3n) is 3.72. The van der Waals surface area contributed by atoms with Crippen LogP contribution in [0.1, 0.15) is 19.8 Å². The van der Waals surface area contributed by atoms with Crippen molar-refractivity contribution in [3.8, 4) is 0 Å². The lowest BCUT2D eigenvalue weighted by molar-refractivity contribution is -0.117. The first-order valence-corrected chi connectivity index (χ1v) is 7.29. The molecule has 2 aliphatic rings. The Kier molecular flexibility index (Phi) is 3.45. The van der Waals surface area contributed by atoms with E-state index in [9.17, 15) is 4.79 Å². The highest BCUT2D eigenvalue weighted by atomic mass is 79.9. The number of amides is 1. The molecule has 3 heterocycles. The van der Waals surface area contributed by atoms with Crippen LogP contribution in [-0.4, -0.2) is 36.2 Å². The van der Waals surface area contributed by atoms with Crippen molar-refractivity contribution in [1.82, 2.24) is 4.98 Å². The fourth-order valence-corrected chi connectivity index (χ4v) is 3.02. The van der Waals surface area contributed by atoms with E-state index in [1.165, 1.54) is 0 Å². The van der Waals surface area contributed by atoms with Crippen molar-refractivity contribution in [1.29, 1.82) is 0 Å². The van der Waals surface area contributed by atoms with Gasteiger partial charge in [-0.15, -0.1) is 0 Å². The third-order valence-corrected chi connectivity index (χ3v) is 4.17. The SMILES string of the molecule is C[C@@H]1C(=O)Nc2ccc(Br)nc2N1C1CCOCC1. The summed E-state index contributed by atoms with van der Waals surface area (Å²) in [4.78, 5) is 18.8. The molecule has 0 aromatic carbocycles. The van der Waals surface area contributed by atoms with E-state index in [-0.39, 0.29) is 11.9 Å². The minimum atomic E-state index is -0.197. The van der Waals surface area contributed by atoms with Gasteiger partial charge in [-0.3, -0.25) is 4.79 Å². The van der Waals surface area contributed by atoms with Gasteiger partial charge in [0.25, 0.3) is 0 Å². The predicted molar refractivity (Wildman–Crippen MR) is 76.3 cm³/mol. The molecular weight excluding hydrogens is 310 g/mol. The fraction of sp³-hybridized carbons (Fsp3) is 0.538. The molecule has 0 unspecified atom stereocenters. The number of hydrogen-bond acceptors (Lipinski definition) is 4. The van der Waals surface area contributed by atoms with Gasteiger partial charge in [0.1, 0.15) is 10.6 Å². The second-order valence-electron chi connectivity index (χ2n) is 4.92. The molecule has 3 rings (SSSR count). The molecule has 0 spiro atoms. The number of nitrogens with one attached hydrogen (secondary N) is 1. The van der Waals surface area contributed by atoms with Crippen LogP contribution >= 0.6 is 15.9 Å². The standard InChI is InChI=1S/C13H16BrN3O2/c1-8-13(18)15-10-2-3-11(14)16-12(10)17(8)9-4-6-19-7-5-9/h2-3,8-9H,4-7H2,1H3,(H,15,18)/t8-/m1/s1. The number of carbonyl (C=O) groups is 1. The van der Waals surface area contributed by atoms with Crippen molar-refractivity contribution in [3.05, 3.63) is 16.7 Å². The average Bonchev–Trinajstić information content (AvgIpc) is 2.42. The van der Waals surface area contributed by atoms with Gasteiger partial charge in [-0.1, -0.05) is 0 Å². The number of aromatic nitrogens is 1. The normalized spacial score (nSPS) is 24.0. The molecule has 1 saturated heterocycles. The van der Waals surface area contributed by atoms with E-state index in [0.717, 1.165) is 42.2 Å². The second-order valence-corrected chi connectivity index (χ2v) is 5.73. The molecule has 1 aromatic rings. The number of nitrogens with zero attached hydrogens (tertiary/aromatic N) is 2. The lowest BCUT2D eigenvalue weighted by Gasteiger charge is -2.42. The molecule has 102 valence electrons. The number of fused-ring (bicyclic) bond motifs is 1. The third kappa shape index (κ3) is 2.34. The zero-order valence-corrected chi connectivity index (χ0v) is 12.3. The van der Waals surface area contributed by atoms with Crippen LogP contribution in [-0.2, 0) is 9.53 Å². The van der Waals surface area contributed by atoms with E-state index < -0.39 is 0 Å². The Hall–Kier alpha value is -1.14. The zero-order chi connectivity index (χ0) is 13.4. The Balaban J connectivity index is 2.01. The minimum Gasteiger partial charge on any atom is -0.381 e. The first kappa shape index (κ1) is 12.9. The van der Waals surface area contributed by atoms with Crippen LogP contribution in [0.5, 0.6) is 0 Å². The quantitative estimate of drug-likeness (QED) is 0.804. The van der Waals surface area contributed by atoms with E-state index in [1.807, 2.05) is 19.1 Å². The van der Waals surface area contributed by atoms with Crippen molar-refractivity contribution in [2.45, 2.75) is 31.8 Å². The summed E-state index contributed by atoms with van der Waals surface area (Å²) in [6.07, 6.45) is 1.87. The van der Waals surface area contributed by atoms with Gasteiger partial charge < -0.3 is 15.0 Å². The summed E-state index contributed by atoms with van der Waals surface area (Å²) in [6.45, 7) is 3.42. The van der Waals surface area contributed by atoms with E-state index in [1.54, 1.807) is 0 Å². The first-order chi connectivity index (χ1) is 9.16. The lowest BCUT2D eigenvalue weighted by Crippen LogP contribution is -2.53. The monoisotopic (exact) mass is 325 g/mol. The average molecular weight is 326 g/mol. The molecule has 5 nitrogen and oxygen atoms in total. The summed E-state index contributed by atoms with van der Waals surface area (Å²) >= 11 is 3.40. The number of hydrogen-bond donors (Lipinski definition) is 1. The van der Waals surface area contributed by atoms with Crippen molar-refractivity contribution in [2.24, 2.45) is 0 Å². The molecule has 1 fully saturated rings. The van der Waals surface area contributed by atoms with Gasteiger partial charge in [-0.2, -0.15) is 0 Å². The van der Waals surface area contributed by atoms with Crippen molar-refractivity contribution in [3.63, 3.8) is 0 Å². The summed E-state index contributed by atoms with van der Waals surface area (Å²) in [5.41, 5.74) is 0.790. The number of anilines is 2. The number of ether oxygens (including phenoxy) is 1. The number of carbonyl (C=O) groups excluding carboxylic acids is 1. The lowest BCUT2D eigenvalue weighted by atomic mass is 10.0. The summed E-state index contributed by atoms with van der Waals surface area (Å²) in [6, 6.07) is 3.85. The molecule has 0 saturated carbocycles. The van der Waals surface area contributed by atoms with E-state index in [2.05, 4.69) is 31.1 Å². The predicted octanol–water partition coefficient (Wildman–Crippen LogP) is 2.17. The maximum atomic E-state index is 12.1. The molecule has 1 atom stereocenters. The van der Waals surface area contributed by atoms with Crippen LogP contribution in [0.15, 0.2) is 16.7 Å². The highest BCUT2D eigenvalue weighted by Crippen LogP contribution is 2.35. The highest BCUT2D eigenvalue weighted by molar-refractivity contribution is 9.10. The Morgan fingerprint density at radius 3 is 2.89 bits per heavy atom. The van der Waals surface area contributed by atoms with Crippen LogP contribution in [0.25, 0.3) is 0 Å². The molecule has 1 N–H and O–H groups in total. The Labute approximate surface area is 120 Å². The maximum absolute atomic E-state index is 12.1. The fourth-order valence-electron chi connectivity index (χ4n) is 2.72. The smallest absolute Gasteiger partial charge is 0.246 e. The van der Waals surface area contributed by atoms with Crippen molar-refractivity contribution >= 4 is 33.3 Å². The molecule has 19 heavy (non-hydrogen) atoms. The first-order valence-electron chi connectivity index (χ1n) is 6.50. The molecule has 6 heteroatoms. The Morgan fingerprint density at radius 2 is 2.16 bits per heavy atom. The van der Waals surface area contributed by atoms with Gasteiger partial charge in [-0.25, -0.2) is 4.98 Å². The van der Waals surface area contributed by atoms with Crippen LogP contribution < -0.4 is 10.2 Å². The highest BCUT2D eigenvalue weighted by Gasteiger charge is 2.36. The molecule has 0 aliphatic carbocycles. The molecular formula is C13H16BrN3O2. The summed E-state index contributed by atoms with van der Waals surface area (Å²) < 4.78 is 6.19. The van der Waals surface area contributed by atoms with Crippen LogP contribution in [0.3, 0.4) is 0 Å². The van der Waals surface area contributed by atoms with E-state index in [4.69, 9.17) is 4.74 Å². The molecule has 2 aliphatic heterocycles. The van der Waals surface area contributed by atoms with Crippen LogP contribution in [0.4, 0.5) is 11.5 Å². The van der Waals surface area contributed by atoms with Gasteiger partial charge in [-0.05, 0) is 47.8 Å². The van der Waals surface area contributed by atoms with Crippen LogP contribution in [0.2, 0.25) is 0 Å². The number of rotatable bonds is 1. The van der Waals surface area contributed by atoms with E-state index in [0.29, 0.717) is 6.04 Å². The van der Waals surface area contributed by atoms with Gasteiger partial charge in [0, 0.05) is 19.3 Å². The number of pyridine rings is 1. The van der Waals surface area contributed by atoms with Gasteiger partial charge in [0.05, 0.1) is 5.69 Å². The molecule has 0 radical (unpaired) electrons. The van der Waals surface area contributed by atoms with Crippen molar-refractivity contribution < 1.29 is 9.53 Å². The topological polar surface area (TPSA) is 54.5 Å². The molecule has 1 aromatic heterocycles. The Bertz CT molecular complexity index is 503. The zero-order valence-electron chi connectivity index (χ0n) is 10.7. The second kappa shape index (κ2) is 5.09. The largest absolute Gasteiger partial charge is 0.381 e. The summed E-state index contributed by atoms with van der Waals surface area (Å²) in [5.74, 6) is 0.886. The molecule has 0 bridgehead atoms. The number of halogens is 1. The van der Waals surface area contributed by atoms with Crippen LogP contribution in [0, 0.1) is 0 Å². The molecule has 1 amide bonds. The van der Waals surface area contributed by atoms with Gasteiger partial charge >= 0.3 is 0 Å². The van der Waals surface area contributed by atoms with Crippen molar-refractivity contribution in [2.75, 3.05) is 23.4 Å². The summed E-state index contributed by atoms with van der Waals surface area (Å²) in [7, 11) is 0. The van der Waals surface area contributed by atoms with Gasteiger partial charge in [0.2, 0.25) is 5.91 Å².